The average Bonchev–Trinajstić information content (AvgIpc) is 2.97. The summed E-state index contributed by atoms with van der Waals surface area (Å²) in [5.41, 5.74) is 1.71. The molecule has 0 fully saturated rings. The summed E-state index contributed by atoms with van der Waals surface area (Å²) in [6.07, 6.45) is 0. The molecule has 0 aliphatic heterocycles. The van der Waals surface area contributed by atoms with Crippen molar-refractivity contribution in [2.24, 2.45) is 0 Å². The van der Waals surface area contributed by atoms with Gasteiger partial charge in [-0.25, -0.2) is 9.07 Å². The zero-order chi connectivity index (χ0) is 15.4. The number of para-hydroxylation sites is 1. The molecule has 0 bridgehead atoms. The summed E-state index contributed by atoms with van der Waals surface area (Å²) in [4.78, 5) is 0. The Bertz CT molecular complexity index is 742. The highest BCUT2D eigenvalue weighted by molar-refractivity contribution is 5.33. The van der Waals surface area contributed by atoms with Crippen LogP contribution in [-0.4, -0.2) is 20.1 Å². The van der Waals surface area contributed by atoms with Crippen LogP contribution in [0.1, 0.15) is 11.4 Å². The van der Waals surface area contributed by atoms with Gasteiger partial charge >= 0.3 is 0 Å². The van der Waals surface area contributed by atoms with Crippen molar-refractivity contribution in [3.8, 4) is 11.4 Å². The molecule has 3 aromatic rings. The molecular weight excluding hydrogens is 285 g/mol. The van der Waals surface area contributed by atoms with Crippen LogP contribution in [-0.2, 0) is 13.2 Å². The number of aromatic nitrogens is 3. The molecule has 3 rings (SSSR count). The van der Waals surface area contributed by atoms with Crippen molar-refractivity contribution in [1.82, 2.24) is 15.0 Å². The van der Waals surface area contributed by atoms with E-state index in [4.69, 9.17) is 4.74 Å². The molecule has 1 heterocycles. The van der Waals surface area contributed by atoms with Gasteiger partial charge in [-0.3, -0.25) is 0 Å². The molecule has 6 heteroatoms. The van der Waals surface area contributed by atoms with Crippen LogP contribution in [0.5, 0.6) is 5.75 Å². The Morgan fingerprint density at radius 1 is 1.05 bits per heavy atom. The number of ether oxygens (including phenoxy) is 1. The van der Waals surface area contributed by atoms with Gasteiger partial charge in [0.25, 0.3) is 0 Å². The SMILES string of the molecule is OCc1nnn(-c2ccc(F)cc2)c1COc1ccccc1. The third kappa shape index (κ3) is 2.96. The van der Waals surface area contributed by atoms with Crippen molar-refractivity contribution in [2.75, 3.05) is 0 Å². The fraction of sp³-hybridized carbons (Fsp3) is 0.125. The molecule has 0 atom stereocenters. The maximum absolute atomic E-state index is 13.0. The molecule has 0 aliphatic rings. The van der Waals surface area contributed by atoms with E-state index in [9.17, 15) is 9.50 Å². The second-order valence-electron chi connectivity index (χ2n) is 4.63. The van der Waals surface area contributed by atoms with Gasteiger partial charge in [-0.1, -0.05) is 23.4 Å². The van der Waals surface area contributed by atoms with Gasteiger partial charge in [0.15, 0.2) is 0 Å². The van der Waals surface area contributed by atoms with E-state index in [0.717, 1.165) is 0 Å². The Morgan fingerprint density at radius 2 is 1.77 bits per heavy atom. The minimum Gasteiger partial charge on any atom is -0.487 e. The van der Waals surface area contributed by atoms with Gasteiger partial charge in [-0.2, -0.15) is 0 Å². The first-order chi connectivity index (χ1) is 10.8. The van der Waals surface area contributed by atoms with Crippen LogP contribution in [0, 0.1) is 5.82 Å². The zero-order valence-corrected chi connectivity index (χ0v) is 11.7. The van der Waals surface area contributed by atoms with Gasteiger partial charge in [-0.05, 0) is 36.4 Å². The normalized spacial score (nSPS) is 10.6. The molecule has 0 spiro atoms. The van der Waals surface area contributed by atoms with E-state index < -0.39 is 0 Å². The van der Waals surface area contributed by atoms with E-state index in [1.54, 1.807) is 12.1 Å². The highest BCUT2D eigenvalue weighted by Crippen LogP contribution is 2.17. The van der Waals surface area contributed by atoms with E-state index >= 15 is 0 Å². The smallest absolute Gasteiger partial charge is 0.132 e. The summed E-state index contributed by atoms with van der Waals surface area (Å²) in [5, 5.41) is 17.3. The zero-order valence-electron chi connectivity index (χ0n) is 11.7. The Hall–Kier alpha value is -2.73. The number of hydrogen-bond donors (Lipinski definition) is 1. The van der Waals surface area contributed by atoms with Crippen LogP contribution in [0.25, 0.3) is 5.69 Å². The summed E-state index contributed by atoms with van der Waals surface area (Å²) in [5.74, 6) is 0.381. The van der Waals surface area contributed by atoms with Gasteiger partial charge < -0.3 is 9.84 Å². The Morgan fingerprint density at radius 3 is 2.45 bits per heavy atom. The second kappa shape index (κ2) is 6.36. The highest BCUT2D eigenvalue weighted by atomic mass is 19.1. The molecule has 0 saturated carbocycles. The van der Waals surface area contributed by atoms with E-state index in [2.05, 4.69) is 10.3 Å². The van der Waals surface area contributed by atoms with Crippen molar-refractivity contribution in [3.63, 3.8) is 0 Å². The van der Waals surface area contributed by atoms with Crippen LogP contribution in [0.3, 0.4) is 0 Å². The molecule has 112 valence electrons. The van der Waals surface area contributed by atoms with E-state index in [-0.39, 0.29) is 19.0 Å². The van der Waals surface area contributed by atoms with E-state index in [1.807, 2.05) is 30.3 Å². The molecule has 0 aliphatic carbocycles. The van der Waals surface area contributed by atoms with Crippen LogP contribution < -0.4 is 4.74 Å². The highest BCUT2D eigenvalue weighted by Gasteiger charge is 2.14. The standard InChI is InChI=1S/C16H14FN3O2/c17-12-6-8-13(9-7-12)20-16(15(10-21)18-19-20)11-22-14-4-2-1-3-5-14/h1-9,21H,10-11H2. The molecule has 2 aromatic carbocycles. The average molecular weight is 299 g/mol. The van der Waals surface area contributed by atoms with Crippen molar-refractivity contribution in [1.29, 1.82) is 0 Å². The first-order valence-electron chi connectivity index (χ1n) is 6.76. The molecule has 1 N–H and O–H groups in total. The number of hydrogen-bond acceptors (Lipinski definition) is 4. The fourth-order valence-electron chi connectivity index (χ4n) is 2.06. The number of benzene rings is 2. The molecule has 0 saturated heterocycles. The minimum absolute atomic E-state index is 0.199. The molecule has 0 unspecified atom stereocenters. The largest absolute Gasteiger partial charge is 0.487 e. The first-order valence-corrected chi connectivity index (χ1v) is 6.76. The summed E-state index contributed by atoms with van der Waals surface area (Å²) >= 11 is 0. The van der Waals surface area contributed by atoms with Gasteiger partial charge in [0.1, 0.15) is 29.6 Å². The van der Waals surface area contributed by atoms with E-state index in [0.29, 0.717) is 22.8 Å². The second-order valence-corrected chi connectivity index (χ2v) is 4.63. The van der Waals surface area contributed by atoms with E-state index in [1.165, 1.54) is 16.8 Å². The fourth-order valence-corrected chi connectivity index (χ4v) is 2.06. The van der Waals surface area contributed by atoms with Crippen LogP contribution in [0.4, 0.5) is 4.39 Å². The maximum atomic E-state index is 13.0. The molecule has 5 nitrogen and oxygen atoms in total. The Labute approximate surface area is 126 Å². The number of aliphatic hydroxyl groups excluding tert-OH is 1. The van der Waals surface area contributed by atoms with Crippen molar-refractivity contribution in [3.05, 3.63) is 71.8 Å². The monoisotopic (exact) mass is 299 g/mol. The van der Waals surface area contributed by atoms with Gasteiger partial charge in [0, 0.05) is 0 Å². The molecule has 22 heavy (non-hydrogen) atoms. The van der Waals surface area contributed by atoms with Crippen LogP contribution >= 0.6 is 0 Å². The summed E-state index contributed by atoms with van der Waals surface area (Å²) in [7, 11) is 0. The molecule has 1 aromatic heterocycles. The Kier molecular flexibility index (Phi) is 4.11. The molecule has 0 amide bonds. The van der Waals surface area contributed by atoms with Crippen LogP contribution in [0.2, 0.25) is 0 Å². The van der Waals surface area contributed by atoms with Crippen molar-refractivity contribution < 1.29 is 14.2 Å². The third-order valence-electron chi connectivity index (χ3n) is 3.18. The lowest BCUT2D eigenvalue weighted by Crippen LogP contribution is -2.07. The van der Waals surface area contributed by atoms with Gasteiger partial charge in [-0.15, -0.1) is 5.10 Å². The lowest BCUT2D eigenvalue weighted by Gasteiger charge is -2.09. The number of aliphatic hydroxyl groups is 1. The molecular formula is C16H14FN3O2. The van der Waals surface area contributed by atoms with Crippen molar-refractivity contribution in [2.45, 2.75) is 13.2 Å². The first kappa shape index (κ1) is 14.2. The van der Waals surface area contributed by atoms with Crippen molar-refractivity contribution >= 4 is 0 Å². The van der Waals surface area contributed by atoms with Gasteiger partial charge in [0.2, 0.25) is 0 Å². The number of nitrogens with zero attached hydrogens (tertiary/aromatic N) is 3. The Balaban J connectivity index is 1.88. The van der Waals surface area contributed by atoms with Gasteiger partial charge in [0.05, 0.1) is 12.3 Å². The summed E-state index contributed by atoms with van der Waals surface area (Å²) < 4.78 is 20.3. The summed E-state index contributed by atoms with van der Waals surface area (Å²) in [6.45, 7) is -0.0427. The third-order valence-corrected chi connectivity index (χ3v) is 3.18. The minimum atomic E-state index is -0.326. The van der Waals surface area contributed by atoms with Crippen LogP contribution in [0.15, 0.2) is 54.6 Å². The predicted molar refractivity (Wildman–Crippen MR) is 78.0 cm³/mol. The summed E-state index contributed by atoms with van der Waals surface area (Å²) in [6, 6.07) is 15.2. The number of halogens is 1. The predicted octanol–water partition coefficient (Wildman–Crippen LogP) is 2.48. The molecule has 0 radical (unpaired) electrons. The lowest BCUT2D eigenvalue weighted by atomic mass is 10.3. The number of rotatable bonds is 5. The lowest BCUT2D eigenvalue weighted by molar-refractivity contribution is 0.263. The quantitative estimate of drug-likeness (QED) is 0.786. The topological polar surface area (TPSA) is 60.2 Å². The maximum Gasteiger partial charge on any atom is 0.132 e.